The highest BCUT2D eigenvalue weighted by Crippen LogP contribution is 2.32. The molecule has 3 aromatic rings. The Morgan fingerprint density at radius 3 is 2.62 bits per heavy atom. The summed E-state index contributed by atoms with van der Waals surface area (Å²) in [6.07, 6.45) is 3.41. The van der Waals surface area contributed by atoms with E-state index < -0.39 is 11.8 Å². The van der Waals surface area contributed by atoms with Crippen LogP contribution in [0.4, 0.5) is 15.8 Å². The van der Waals surface area contributed by atoms with Crippen LogP contribution in [0.5, 0.6) is 0 Å². The van der Waals surface area contributed by atoms with Crippen molar-refractivity contribution in [1.82, 2.24) is 9.88 Å². The van der Waals surface area contributed by atoms with Gasteiger partial charge in [0.25, 0.3) is 5.91 Å². The molecule has 0 atom stereocenters. The normalized spacial score (nSPS) is 13.5. The second kappa shape index (κ2) is 7.87. The summed E-state index contributed by atoms with van der Waals surface area (Å²) in [6.45, 7) is 1.36. The first kappa shape index (κ1) is 18.9. The first-order chi connectivity index (χ1) is 14.1. The summed E-state index contributed by atoms with van der Waals surface area (Å²) in [5.41, 5.74) is 2.08. The number of fused-ring (bicyclic) bond motifs is 1. The lowest BCUT2D eigenvalue weighted by molar-refractivity contribution is 0.0601. The summed E-state index contributed by atoms with van der Waals surface area (Å²) in [5, 5.41) is 3.64. The van der Waals surface area contributed by atoms with Crippen molar-refractivity contribution in [2.24, 2.45) is 0 Å². The van der Waals surface area contributed by atoms with Crippen molar-refractivity contribution < 1.29 is 18.7 Å². The average Bonchev–Trinajstić information content (AvgIpc) is 3.28. The number of nitrogens with zero attached hydrogens (tertiary/aromatic N) is 2. The molecule has 0 bridgehead atoms. The van der Waals surface area contributed by atoms with Gasteiger partial charge in [0.05, 0.1) is 35.1 Å². The van der Waals surface area contributed by atoms with Crippen LogP contribution in [0.25, 0.3) is 10.9 Å². The van der Waals surface area contributed by atoms with Crippen LogP contribution in [0.3, 0.4) is 0 Å². The molecule has 1 saturated heterocycles. The molecule has 29 heavy (non-hydrogen) atoms. The maximum atomic E-state index is 14.0. The molecule has 0 aliphatic carbocycles. The predicted molar refractivity (Wildman–Crippen MR) is 108 cm³/mol. The third-order valence-corrected chi connectivity index (χ3v) is 5.05. The van der Waals surface area contributed by atoms with E-state index in [1.165, 1.54) is 25.4 Å². The number of nitrogens with one attached hydrogen (secondary N) is 1. The molecule has 0 spiro atoms. The first-order valence-corrected chi connectivity index (χ1v) is 9.40. The number of halogens is 1. The zero-order valence-corrected chi connectivity index (χ0v) is 15.9. The molecule has 0 saturated carbocycles. The maximum Gasteiger partial charge on any atom is 0.339 e. The van der Waals surface area contributed by atoms with E-state index in [-0.39, 0.29) is 5.91 Å². The Labute approximate surface area is 167 Å². The number of anilines is 2. The van der Waals surface area contributed by atoms with E-state index >= 15 is 0 Å². The number of rotatable bonds is 4. The van der Waals surface area contributed by atoms with E-state index in [0.717, 1.165) is 12.8 Å². The van der Waals surface area contributed by atoms with Crippen molar-refractivity contribution >= 4 is 34.2 Å². The van der Waals surface area contributed by atoms with Crippen LogP contribution in [0.2, 0.25) is 0 Å². The number of ether oxygens (including phenoxy) is 1. The molecule has 1 N–H and O–H groups in total. The molecule has 148 valence electrons. The van der Waals surface area contributed by atoms with Gasteiger partial charge in [-0.15, -0.1) is 0 Å². The fourth-order valence-electron chi connectivity index (χ4n) is 3.57. The molecule has 1 fully saturated rings. The monoisotopic (exact) mass is 393 g/mol. The smallest absolute Gasteiger partial charge is 0.339 e. The number of benzene rings is 2. The lowest BCUT2D eigenvalue weighted by Gasteiger charge is -2.20. The zero-order valence-electron chi connectivity index (χ0n) is 15.9. The second-order valence-electron chi connectivity index (χ2n) is 6.87. The van der Waals surface area contributed by atoms with E-state index in [2.05, 4.69) is 10.3 Å². The standard InChI is InChI=1S/C22H20FN3O3/c1-29-22(28)15-6-2-3-7-19(15)25-20-16-12-14(23)8-9-18(16)24-13-17(20)21(27)26-10-4-5-11-26/h2-3,6-9,12-13H,4-5,10-11H2,1H3,(H,24,25). The fourth-order valence-corrected chi connectivity index (χ4v) is 3.57. The number of methoxy groups -OCH3 is 1. The minimum Gasteiger partial charge on any atom is -0.465 e. The Morgan fingerprint density at radius 1 is 1.10 bits per heavy atom. The van der Waals surface area contributed by atoms with Gasteiger partial charge < -0.3 is 15.0 Å². The van der Waals surface area contributed by atoms with E-state index in [9.17, 15) is 14.0 Å². The molecule has 2 heterocycles. The van der Waals surface area contributed by atoms with Gasteiger partial charge in [0.1, 0.15) is 5.82 Å². The molecule has 1 amide bonds. The van der Waals surface area contributed by atoms with Crippen LogP contribution in [-0.2, 0) is 4.74 Å². The highest BCUT2D eigenvalue weighted by molar-refractivity contribution is 6.09. The van der Waals surface area contributed by atoms with E-state index in [0.29, 0.717) is 46.5 Å². The molecule has 1 aromatic heterocycles. The van der Waals surface area contributed by atoms with Gasteiger partial charge in [-0.3, -0.25) is 9.78 Å². The maximum absolute atomic E-state index is 14.0. The van der Waals surface area contributed by atoms with Crippen LogP contribution >= 0.6 is 0 Å². The SMILES string of the molecule is COC(=O)c1ccccc1Nc1c(C(=O)N2CCCC2)cnc2ccc(F)cc12. The largest absolute Gasteiger partial charge is 0.465 e. The predicted octanol–water partition coefficient (Wildman–Crippen LogP) is 4.14. The molecular formula is C22H20FN3O3. The Bertz CT molecular complexity index is 1090. The van der Waals surface area contributed by atoms with Gasteiger partial charge in [-0.1, -0.05) is 12.1 Å². The number of pyridine rings is 1. The lowest BCUT2D eigenvalue weighted by Crippen LogP contribution is -2.28. The van der Waals surface area contributed by atoms with Gasteiger partial charge in [-0.05, 0) is 43.2 Å². The topological polar surface area (TPSA) is 71.5 Å². The van der Waals surface area contributed by atoms with Crippen LogP contribution in [0.1, 0.15) is 33.6 Å². The average molecular weight is 393 g/mol. The number of hydrogen-bond donors (Lipinski definition) is 1. The Kier molecular flexibility index (Phi) is 5.12. The summed E-state index contributed by atoms with van der Waals surface area (Å²) in [6, 6.07) is 11.0. The minimum absolute atomic E-state index is 0.167. The summed E-state index contributed by atoms with van der Waals surface area (Å²) in [7, 11) is 1.30. The van der Waals surface area contributed by atoms with Crippen LogP contribution in [-0.4, -0.2) is 42.0 Å². The molecule has 2 aromatic carbocycles. The quantitative estimate of drug-likeness (QED) is 0.675. The minimum atomic E-state index is -0.509. The van der Waals surface area contributed by atoms with Crippen molar-refractivity contribution in [3.8, 4) is 0 Å². The Balaban J connectivity index is 1.87. The highest BCUT2D eigenvalue weighted by atomic mass is 19.1. The first-order valence-electron chi connectivity index (χ1n) is 9.40. The van der Waals surface area contributed by atoms with Crippen LogP contribution < -0.4 is 5.32 Å². The number of para-hydroxylation sites is 1. The number of carbonyl (C=O) groups is 2. The molecule has 6 nitrogen and oxygen atoms in total. The molecule has 1 aliphatic heterocycles. The number of likely N-dealkylation sites (tertiary alicyclic amines) is 1. The summed E-state index contributed by atoms with van der Waals surface area (Å²) in [5.74, 6) is -1.11. The lowest BCUT2D eigenvalue weighted by atomic mass is 10.1. The zero-order chi connectivity index (χ0) is 20.4. The number of amides is 1. The molecule has 1 aliphatic rings. The second-order valence-corrected chi connectivity index (χ2v) is 6.87. The van der Waals surface area contributed by atoms with Crippen molar-refractivity contribution in [1.29, 1.82) is 0 Å². The summed E-state index contributed by atoms with van der Waals surface area (Å²) in [4.78, 5) is 31.4. The molecule has 0 radical (unpaired) electrons. The number of esters is 1. The summed E-state index contributed by atoms with van der Waals surface area (Å²) >= 11 is 0. The van der Waals surface area contributed by atoms with Gasteiger partial charge in [0.15, 0.2) is 0 Å². The van der Waals surface area contributed by atoms with Gasteiger partial charge >= 0.3 is 5.97 Å². The van der Waals surface area contributed by atoms with Crippen molar-refractivity contribution in [3.63, 3.8) is 0 Å². The fraction of sp³-hybridized carbons (Fsp3) is 0.227. The number of carbonyl (C=O) groups excluding carboxylic acids is 2. The Hall–Kier alpha value is -3.48. The summed E-state index contributed by atoms with van der Waals surface area (Å²) < 4.78 is 18.9. The van der Waals surface area contributed by atoms with E-state index in [1.807, 2.05) is 0 Å². The van der Waals surface area contributed by atoms with Crippen molar-refractivity contribution in [3.05, 3.63) is 65.6 Å². The van der Waals surface area contributed by atoms with Crippen LogP contribution in [0.15, 0.2) is 48.7 Å². The number of aromatic nitrogens is 1. The molecule has 0 unspecified atom stereocenters. The third-order valence-electron chi connectivity index (χ3n) is 5.05. The van der Waals surface area contributed by atoms with Crippen molar-refractivity contribution in [2.45, 2.75) is 12.8 Å². The van der Waals surface area contributed by atoms with E-state index in [4.69, 9.17) is 4.74 Å². The highest BCUT2D eigenvalue weighted by Gasteiger charge is 2.24. The molecule has 4 rings (SSSR count). The molecule has 7 heteroatoms. The van der Waals surface area contributed by atoms with Gasteiger partial charge in [0, 0.05) is 24.7 Å². The molecular weight excluding hydrogens is 373 g/mol. The third kappa shape index (κ3) is 3.63. The van der Waals surface area contributed by atoms with Gasteiger partial charge in [-0.2, -0.15) is 0 Å². The van der Waals surface area contributed by atoms with E-state index in [1.54, 1.807) is 35.2 Å². The van der Waals surface area contributed by atoms with Gasteiger partial charge in [-0.25, -0.2) is 9.18 Å². The Morgan fingerprint density at radius 2 is 1.86 bits per heavy atom. The number of hydrogen-bond acceptors (Lipinski definition) is 5. The van der Waals surface area contributed by atoms with Gasteiger partial charge in [0.2, 0.25) is 0 Å². The van der Waals surface area contributed by atoms with Crippen LogP contribution in [0, 0.1) is 5.82 Å². The van der Waals surface area contributed by atoms with Crippen molar-refractivity contribution in [2.75, 3.05) is 25.5 Å².